The normalized spacial score (nSPS) is 10.6. The summed E-state index contributed by atoms with van der Waals surface area (Å²) >= 11 is 5.78. The van der Waals surface area contributed by atoms with Gasteiger partial charge in [-0.2, -0.15) is 0 Å². The molecule has 0 aliphatic carbocycles. The number of nitrogens with zero attached hydrogens (tertiary/aromatic N) is 1. The third kappa shape index (κ3) is 3.77. The Bertz CT molecular complexity index is 368. The summed E-state index contributed by atoms with van der Waals surface area (Å²) in [5.41, 5.74) is 5.72. The van der Waals surface area contributed by atoms with Crippen molar-refractivity contribution in [3.05, 3.63) is 28.8 Å². The molecule has 0 radical (unpaired) electrons. The third-order valence-corrected chi connectivity index (χ3v) is 2.14. The Labute approximate surface area is 93.2 Å². The van der Waals surface area contributed by atoms with Gasteiger partial charge in [0.05, 0.1) is 6.54 Å². The SMILES string of the molecule is CN(CC(N)=O)Cc1cc(Cl)ccc1O. The van der Waals surface area contributed by atoms with Crippen molar-refractivity contribution in [2.75, 3.05) is 13.6 Å². The van der Waals surface area contributed by atoms with Gasteiger partial charge in [-0.05, 0) is 25.2 Å². The fourth-order valence-corrected chi connectivity index (χ4v) is 1.49. The second-order valence-electron chi connectivity index (χ2n) is 3.41. The van der Waals surface area contributed by atoms with Crippen LogP contribution in [-0.2, 0) is 11.3 Å². The van der Waals surface area contributed by atoms with Crippen LogP contribution in [0.5, 0.6) is 5.75 Å². The van der Waals surface area contributed by atoms with E-state index in [4.69, 9.17) is 17.3 Å². The van der Waals surface area contributed by atoms with E-state index in [2.05, 4.69) is 0 Å². The van der Waals surface area contributed by atoms with Crippen LogP contribution in [0.2, 0.25) is 5.02 Å². The highest BCUT2D eigenvalue weighted by molar-refractivity contribution is 6.30. The molecule has 0 saturated heterocycles. The van der Waals surface area contributed by atoms with Gasteiger partial charge in [0.2, 0.25) is 5.91 Å². The van der Waals surface area contributed by atoms with Crippen LogP contribution in [0.1, 0.15) is 5.56 Å². The third-order valence-electron chi connectivity index (χ3n) is 1.91. The summed E-state index contributed by atoms with van der Waals surface area (Å²) in [7, 11) is 1.74. The number of carbonyl (C=O) groups is 1. The Hall–Kier alpha value is -1.26. The van der Waals surface area contributed by atoms with E-state index in [0.717, 1.165) is 0 Å². The lowest BCUT2D eigenvalue weighted by Crippen LogP contribution is -2.30. The van der Waals surface area contributed by atoms with E-state index in [1.807, 2.05) is 0 Å². The Morgan fingerprint density at radius 3 is 2.87 bits per heavy atom. The van der Waals surface area contributed by atoms with Gasteiger partial charge < -0.3 is 10.8 Å². The van der Waals surface area contributed by atoms with Crippen molar-refractivity contribution in [2.45, 2.75) is 6.54 Å². The molecule has 0 aromatic heterocycles. The van der Waals surface area contributed by atoms with Gasteiger partial charge in [-0.1, -0.05) is 11.6 Å². The van der Waals surface area contributed by atoms with Gasteiger partial charge in [-0.15, -0.1) is 0 Å². The molecule has 15 heavy (non-hydrogen) atoms. The number of primary amides is 1. The predicted octanol–water partition coefficient (Wildman–Crippen LogP) is 0.963. The molecule has 0 heterocycles. The van der Waals surface area contributed by atoms with Crippen molar-refractivity contribution in [2.24, 2.45) is 5.73 Å². The summed E-state index contributed by atoms with van der Waals surface area (Å²) in [6, 6.07) is 4.79. The lowest BCUT2D eigenvalue weighted by molar-refractivity contribution is -0.118. The molecule has 1 amide bonds. The number of carbonyl (C=O) groups excluding carboxylic acids is 1. The fourth-order valence-electron chi connectivity index (χ4n) is 1.29. The fraction of sp³-hybridized carbons (Fsp3) is 0.300. The zero-order valence-corrected chi connectivity index (χ0v) is 9.16. The number of aromatic hydroxyl groups is 1. The second kappa shape index (κ2) is 5.00. The minimum atomic E-state index is -0.404. The van der Waals surface area contributed by atoms with Gasteiger partial charge in [0.15, 0.2) is 0 Å². The highest BCUT2D eigenvalue weighted by Gasteiger charge is 2.07. The van der Waals surface area contributed by atoms with E-state index in [9.17, 15) is 9.90 Å². The summed E-state index contributed by atoms with van der Waals surface area (Å²) in [6.07, 6.45) is 0. The monoisotopic (exact) mass is 228 g/mol. The summed E-state index contributed by atoms with van der Waals surface area (Å²) in [5, 5.41) is 10.1. The first kappa shape index (κ1) is 11.8. The first-order valence-electron chi connectivity index (χ1n) is 4.43. The number of hydrogen-bond acceptors (Lipinski definition) is 3. The molecule has 4 nitrogen and oxygen atoms in total. The molecule has 5 heteroatoms. The first-order chi connectivity index (χ1) is 6.99. The first-order valence-corrected chi connectivity index (χ1v) is 4.81. The molecule has 1 aromatic carbocycles. The molecule has 0 atom stereocenters. The van der Waals surface area contributed by atoms with E-state index < -0.39 is 5.91 Å². The van der Waals surface area contributed by atoms with Crippen molar-refractivity contribution in [3.63, 3.8) is 0 Å². The maximum Gasteiger partial charge on any atom is 0.231 e. The zero-order chi connectivity index (χ0) is 11.4. The lowest BCUT2D eigenvalue weighted by Gasteiger charge is -2.15. The molecule has 0 bridgehead atoms. The van der Waals surface area contributed by atoms with Crippen molar-refractivity contribution < 1.29 is 9.90 Å². The minimum Gasteiger partial charge on any atom is -0.508 e. The van der Waals surface area contributed by atoms with Gasteiger partial charge in [0.1, 0.15) is 5.75 Å². The van der Waals surface area contributed by atoms with Crippen molar-refractivity contribution in [1.29, 1.82) is 0 Å². The molecule has 0 saturated carbocycles. The van der Waals surface area contributed by atoms with Crippen molar-refractivity contribution in [1.82, 2.24) is 4.90 Å². The maximum atomic E-state index is 10.6. The van der Waals surface area contributed by atoms with Crippen LogP contribution in [0.15, 0.2) is 18.2 Å². The second-order valence-corrected chi connectivity index (χ2v) is 3.85. The topological polar surface area (TPSA) is 66.6 Å². The van der Waals surface area contributed by atoms with Gasteiger partial charge in [0, 0.05) is 17.1 Å². The minimum absolute atomic E-state index is 0.145. The van der Waals surface area contributed by atoms with E-state index in [0.29, 0.717) is 17.1 Å². The molecule has 0 aliphatic rings. The smallest absolute Gasteiger partial charge is 0.231 e. The molecule has 1 aromatic rings. The average molecular weight is 229 g/mol. The highest BCUT2D eigenvalue weighted by atomic mass is 35.5. The molecule has 82 valence electrons. The number of phenols is 1. The average Bonchev–Trinajstić information content (AvgIpc) is 2.10. The molecular weight excluding hydrogens is 216 g/mol. The van der Waals surface area contributed by atoms with Crippen LogP contribution in [0.4, 0.5) is 0 Å². The molecule has 3 N–H and O–H groups in total. The number of rotatable bonds is 4. The standard InChI is InChI=1S/C10H13ClN2O2/c1-13(6-10(12)15)5-7-4-8(11)2-3-9(7)14/h2-4,14H,5-6H2,1H3,(H2,12,15). The molecular formula is C10H13ClN2O2. The Morgan fingerprint density at radius 2 is 2.27 bits per heavy atom. The maximum absolute atomic E-state index is 10.6. The predicted molar refractivity (Wildman–Crippen MR) is 58.6 cm³/mol. The Balaban J connectivity index is 2.71. The van der Waals surface area contributed by atoms with Crippen LogP contribution in [-0.4, -0.2) is 29.5 Å². The summed E-state index contributed by atoms with van der Waals surface area (Å²) in [6.45, 7) is 0.571. The van der Waals surface area contributed by atoms with Crippen LogP contribution in [0.3, 0.4) is 0 Å². The number of benzene rings is 1. The van der Waals surface area contributed by atoms with Gasteiger partial charge in [0.25, 0.3) is 0 Å². The summed E-state index contributed by atoms with van der Waals surface area (Å²) < 4.78 is 0. The number of nitrogens with two attached hydrogens (primary N) is 1. The van der Waals surface area contributed by atoms with E-state index >= 15 is 0 Å². The van der Waals surface area contributed by atoms with Crippen molar-refractivity contribution in [3.8, 4) is 5.75 Å². The van der Waals surface area contributed by atoms with Gasteiger partial charge in [-0.3, -0.25) is 9.69 Å². The molecule has 0 aliphatic heterocycles. The number of phenolic OH excluding ortho intramolecular Hbond substituents is 1. The van der Waals surface area contributed by atoms with E-state index in [-0.39, 0.29) is 12.3 Å². The Kier molecular flexibility index (Phi) is 3.94. The number of amides is 1. The zero-order valence-electron chi connectivity index (χ0n) is 8.40. The number of likely N-dealkylation sites (N-methyl/N-ethyl adjacent to an activating group) is 1. The van der Waals surface area contributed by atoms with Gasteiger partial charge >= 0.3 is 0 Å². The summed E-state index contributed by atoms with van der Waals surface area (Å²) in [5.74, 6) is -0.241. The van der Waals surface area contributed by atoms with E-state index in [1.165, 1.54) is 6.07 Å². The lowest BCUT2D eigenvalue weighted by atomic mass is 10.2. The number of hydrogen-bond donors (Lipinski definition) is 2. The van der Waals surface area contributed by atoms with Crippen LogP contribution < -0.4 is 5.73 Å². The molecule has 0 unspecified atom stereocenters. The number of halogens is 1. The quantitative estimate of drug-likeness (QED) is 0.807. The van der Waals surface area contributed by atoms with Crippen molar-refractivity contribution >= 4 is 17.5 Å². The van der Waals surface area contributed by atoms with Crippen LogP contribution >= 0.6 is 11.6 Å². The van der Waals surface area contributed by atoms with E-state index in [1.54, 1.807) is 24.1 Å². The molecule has 0 fully saturated rings. The van der Waals surface area contributed by atoms with Gasteiger partial charge in [-0.25, -0.2) is 0 Å². The largest absolute Gasteiger partial charge is 0.508 e. The highest BCUT2D eigenvalue weighted by Crippen LogP contribution is 2.22. The molecule has 0 spiro atoms. The Morgan fingerprint density at radius 1 is 1.60 bits per heavy atom. The molecule has 1 rings (SSSR count). The summed E-state index contributed by atoms with van der Waals surface area (Å²) in [4.78, 5) is 12.3. The van der Waals surface area contributed by atoms with Crippen LogP contribution in [0.25, 0.3) is 0 Å². The van der Waals surface area contributed by atoms with Crippen LogP contribution in [0, 0.1) is 0 Å².